The normalized spacial score (nSPS) is 16.8. The summed E-state index contributed by atoms with van der Waals surface area (Å²) in [6, 6.07) is 4.58. The summed E-state index contributed by atoms with van der Waals surface area (Å²) in [5.41, 5.74) is 0.227. The van der Waals surface area contributed by atoms with Crippen LogP contribution < -0.4 is 5.32 Å². The number of rotatable bonds is 2. The van der Waals surface area contributed by atoms with Gasteiger partial charge in [-0.05, 0) is 31.0 Å². The van der Waals surface area contributed by atoms with Crippen molar-refractivity contribution < 1.29 is 13.9 Å². The summed E-state index contributed by atoms with van der Waals surface area (Å²) in [6.45, 7) is 1.20. The van der Waals surface area contributed by atoms with E-state index in [-0.39, 0.29) is 17.5 Å². The van der Waals surface area contributed by atoms with Gasteiger partial charge in [-0.2, -0.15) is 0 Å². The van der Waals surface area contributed by atoms with Gasteiger partial charge in [0.2, 0.25) is 5.91 Å². The minimum atomic E-state index is -0.431. The molecule has 0 atom stereocenters. The van der Waals surface area contributed by atoms with E-state index in [0.29, 0.717) is 30.5 Å². The second-order valence-electron chi connectivity index (χ2n) is 4.00. The van der Waals surface area contributed by atoms with Crippen molar-refractivity contribution in [3.05, 3.63) is 28.5 Å². The molecule has 17 heavy (non-hydrogen) atoms. The Labute approximate surface area is 107 Å². The van der Waals surface area contributed by atoms with Crippen LogP contribution in [-0.4, -0.2) is 19.1 Å². The van der Waals surface area contributed by atoms with Crippen LogP contribution in [0.4, 0.5) is 10.1 Å². The molecule has 1 heterocycles. The number of halogens is 2. The lowest BCUT2D eigenvalue weighted by atomic mass is 9.99. The number of hydrogen-bond acceptors (Lipinski definition) is 2. The molecule has 0 aliphatic carbocycles. The molecule has 0 unspecified atom stereocenters. The Morgan fingerprint density at radius 3 is 2.76 bits per heavy atom. The summed E-state index contributed by atoms with van der Waals surface area (Å²) in [6.07, 6.45) is 1.40. The van der Waals surface area contributed by atoms with Gasteiger partial charge in [-0.3, -0.25) is 4.79 Å². The fourth-order valence-corrected chi connectivity index (χ4v) is 2.12. The number of ether oxygens (including phenoxy) is 1. The zero-order valence-electron chi connectivity index (χ0n) is 9.21. The van der Waals surface area contributed by atoms with E-state index in [1.165, 1.54) is 6.07 Å². The molecule has 2 rings (SSSR count). The smallest absolute Gasteiger partial charge is 0.227 e. The summed E-state index contributed by atoms with van der Waals surface area (Å²) >= 11 is 3.17. The van der Waals surface area contributed by atoms with Gasteiger partial charge < -0.3 is 10.1 Å². The van der Waals surface area contributed by atoms with Crippen LogP contribution in [0.25, 0.3) is 0 Å². The third-order valence-electron chi connectivity index (χ3n) is 2.78. The van der Waals surface area contributed by atoms with Gasteiger partial charge in [0, 0.05) is 23.6 Å². The van der Waals surface area contributed by atoms with E-state index >= 15 is 0 Å². The molecule has 5 heteroatoms. The number of anilines is 1. The number of benzene rings is 1. The maximum atomic E-state index is 13.5. The van der Waals surface area contributed by atoms with Crippen LogP contribution in [0.2, 0.25) is 0 Å². The van der Waals surface area contributed by atoms with E-state index in [1.807, 2.05) is 0 Å². The van der Waals surface area contributed by atoms with E-state index in [2.05, 4.69) is 21.2 Å². The molecule has 0 aromatic heterocycles. The number of carbonyl (C=O) groups excluding carboxylic acids is 1. The standard InChI is InChI=1S/C12H13BrFNO2/c13-9-1-2-11(10(14)7-9)15-12(16)8-3-5-17-6-4-8/h1-2,7-8H,3-6H2,(H,15,16). The molecular formula is C12H13BrFNO2. The van der Waals surface area contributed by atoms with Crippen molar-refractivity contribution in [2.75, 3.05) is 18.5 Å². The van der Waals surface area contributed by atoms with Crippen molar-refractivity contribution in [1.29, 1.82) is 0 Å². The summed E-state index contributed by atoms with van der Waals surface area (Å²) in [4.78, 5) is 11.9. The molecular weight excluding hydrogens is 289 g/mol. The molecule has 92 valence electrons. The third-order valence-corrected chi connectivity index (χ3v) is 3.27. The van der Waals surface area contributed by atoms with Gasteiger partial charge in [0.15, 0.2) is 0 Å². The zero-order valence-corrected chi connectivity index (χ0v) is 10.8. The van der Waals surface area contributed by atoms with Gasteiger partial charge in [0.1, 0.15) is 5.82 Å². The molecule has 0 spiro atoms. The summed E-state index contributed by atoms with van der Waals surface area (Å²) in [7, 11) is 0. The lowest BCUT2D eigenvalue weighted by Gasteiger charge is -2.21. The molecule has 1 saturated heterocycles. The first kappa shape index (κ1) is 12.5. The maximum Gasteiger partial charge on any atom is 0.227 e. The topological polar surface area (TPSA) is 38.3 Å². The fraction of sp³-hybridized carbons (Fsp3) is 0.417. The van der Waals surface area contributed by atoms with Crippen molar-refractivity contribution in [3.63, 3.8) is 0 Å². The second kappa shape index (κ2) is 5.60. The van der Waals surface area contributed by atoms with Crippen LogP contribution in [0.3, 0.4) is 0 Å². The molecule has 1 aliphatic rings. The van der Waals surface area contributed by atoms with Crippen molar-refractivity contribution in [2.24, 2.45) is 5.92 Å². The Kier molecular flexibility index (Phi) is 4.12. The molecule has 0 radical (unpaired) electrons. The third kappa shape index (κ3) is 3.26. The molecule has 0 saturated carbocycles. The summed E-state index contributed by atoms with van der Waals surface area (Å²) in [5, 5.41) is 2.62. The van der Waals surface area contributed by atoms with Gasteiger partial charge in [-0.1, -0.05) is 15.9 Å². The Morgan fingerprint density at radius 1 is 1.41 bits per heavy atom. The molecule has 1 aromatic rings. The number of amides is 1. The molecule has 1 amide bonds. The minimum absolute atomic E-state index is 0.0770. The molecule has 1 fully saturated rings. The van der Waals surface area contributed by atoms with E-state index in [4.69, 9.17) is 4.74 Å². The highest BCUT2D eigenvalue weighted by molar-refractivity contribution is 9.10. The van der Waals surface area contributed by atoms with Gasteiger partial charge >= 0.3 is 0 Å². The predicted molar refractivity (Wildman–Crippen MR) is 66.3 cm³/mol. The van der Waals surface area contributed by atoms with Gasteiger partial charge in [-0.25, -0.2) is 4.39 Å². The number of carbonyl (C=O) groups is 1. The van der Waals surface area contributed by atoms with Crippen LogP contribution in [0.15, 0.2) is 22.7 Å². The Bertz CT molecular complexity index is 419. The molecule has 3 nitrogen and oxygen atoms in total. The second-order valence-corrected chi connectivity index (χ2v) is 4.92. The van der Waals surface area contributed by atoms with Crippen LogP contribution in [0.1, 0.15) is 12.8 Å². The van der Waals surface area contributed by atoms with E-state index in [9.17, 15) is 9.18 Å². The first-order valence-corrected chi connectivity index (χ1v) is 6.30. The van der Waals surface area contributed by atoms with Crippen LogP contribution in [0, 0.1) is 11.7 Å². The predicted octanol–water partition coefficient (Wildman–Crippen LogP) is 2.95. The molecule has 1 aromatic carbocycles. The molecule has 1 aliphatic heterocycles. The van der Waals surface area contributed by atoms with Crippen LogP contribution in [-0.2, 0) is 9.53 Å². The number of hydrogen-bond donors (Lipinski definition) is 1. The largest absolute Gasteiger partial charge is 0.381 e. The SMILES string of the molecule is O=C(Nc1ccc(Br)cc1F)C1CCOCC1. The highest BCUT2D eigenvalue weighted by Crippen LogP contribution is 2.22. The fourth-order valence-electron chi connectivity index (χ4n) is 1.79. The zero-order chi connectivity index (χ0) is 12.3. The average molecular weight is 302 g/mol. The lowest BCUT2D eigenvalue weighted by molar-refractivity contribution is -0.122. The Balaban J connectivity index is 2.02. The van der Waals surface area contributed by atoms with E-state index in [1.54, 1.807) is 12.1 Å². The highest BCUT2D eigenvalue weighted by atomic mass is 79.9. The van der Waals surface area contributed by atoms with Crippen LogP contribution in [0.5, 0.6) is 0 Å². The monoisotopic (exact) mass is 301 g/mol. The highest BCUT2D eigenvalue weighted by Gasteiger charge is 2.22. The summed E-state index contributed by atoms with van der Waals surface area (Å²) in [5.74, 6) is -0.638. The van der Waals surface area contributed by atoms with Crippen molar-refractivity contribution in [1.82, 2.24) is 0 Å². The Morgan fingerprint density at radius 2 is 2.12 bits per heavy atom. The van der Waals surface area contributed by atoms with E-state index < -0.39 is 5.82 Å². The van der Waals surface area contributed by atoms with Crippen molar-refractivity contribution in [2.45, 2.75) is 12.8 Å². The first-order chi connectivity index (χ1) is 8.16. The van der Waals surface area contributed by atoms with Gasteiger partial charge in [0.05, 0.1) is 5.69 Å². The molecule has 0 bridgehead atoms. The Hall–Kier alpha value is -0.940. The van der Waals surface area contributed by atoms with Crippen molar-refractivity contribution in [3.8, 4) is 0 Å². The lowest BCUT2D eigenvalue weighted by Crippen LogP contribution is -2.28. The first-order valence-electron chi connectivity index (χ1n) is 5.50. The van der Waals surface area contributed by atoms with Crippen LogP contribution >= 0.6 is 15.9 Å². The van der Waals surface area contributed by atoms with E-state index in [0.717, 1.165) is 0 Å². The summed E-state index contributed by atoms with van der Waals surface area (Å²) < 4.78 is 19.3. The van der Waals surface area contributed by atoms with Crippen molar-refractivity contribution >= 4 is 27.5 Å². The van der Waals surface area contributed by atoms with Gasteiger partial charge in [0.25, 0.3) is 0 Å². The minimum Gasteiger partial charge on any atom is -0.381 e. The average Bonchev–Trinajstić information content (AvgIpc) is 2.34. The number of nitrogens with one attached hydrogen (secondary N) is 1. The quantitative estimate of drug-likeness (QED) is 0.912. The van der Waals surface area contributed by atoms with Gasteiger partial charge in [-0.15, -0.1) is 0 Å². The molecule has 1 N–H and O–H groups in total. The maximum absolute atomic E-state index is 13.5.